The van der Waals surface area contributed by atoms with Crippen molar-refractivity contribution in [1.82, 2.24) is 20.2 Å². The summed E-state index contributed by atoms with van der Waals surface area (Å²) in [6.45, 7) is 3.93. The number of carbonyl (C=O) groups excluding carboxylic acids is 1. The lowest BCUT2D eigenvalue weighted by Gasteiger charge is -2.11. The molecule has 0 saturated carbocycles. The van der Waals surface area contributed by atoms with Crippen molar-refractivity contribution in [3.8, 4) is 5.69 Å². The second-order valence-corrected chi connectivity index (χ2v) is 9.15. The topological polar surface area (TPSA) is 107 Å². The zero-order valence-corrected chi connectivity index (χ0v) is 17.2. The van der Waals surface area contributed by atoms with E-state index in [1.807, 2.05) is 32.0 Å². The summed E-state index contributed by atoms with van der Waals surface area (Å²) in [6.07, 6.45) is 1.10. The van der Waals surface area contributed by atoms with Crippen LogP contribution >= 0.6 is 11.8 Å². The number of aryl methyl sites for hydroxylation is 2. The molecule has 0 bridgehead atoms. The van der Waals surface area contributed by atoms with Gasteiger partial charge in [0.1, 0.15) is 0 Å². The lowest BCUT2D eigenvalue weighted by atomic mass is 10.1. The zero-order valence-electron chi connectivity index (χ0n) is 15.6. The molecule has 10 heteroatoms. The van der Waals surface area contributed by atoms with Crippen molar-refractivity contribution in [2.75, 3.05) is 17.3 Å². The second kappa shape index (κ2) is 8.11. The van der Waals surface area contributed by atoms with Gasteiger partial charge in [-0.1, -0.05) is 42.1 Å². The summed E-state index contributed by atoms with van der Waals surface area (Å²) in [5.74, 6) is -0.319. The fourth-order valence-electron chi connectivity index (χ4n) is 2.76. The van der Waals surface area contributed by atoms with E-state index in [4.69, 9.17) is 0 Å². The molecule has 0 radical (unpaired) electrons. The maximum absolute atomic E-state index is 12.4. The van der Waals surface area contributed by atoms with Gasteiger partial charge in [-0.25, -0.2) is 8.42 Å². The van der Waals surface area contributed by atoms with Gasteiger partial charge in [0.05, 0.1) is 22.0 Å². The predicted molar refractivity (Wildman–Crippen MR) is 108 cm³/mol. The third kappa shape index (κ3) is 4.39. The number of aromatic nitrogens is 4. The van der Waals surface area contributed by atoms with E-state index in [2.05, 4.69) is 20.8 Å². The Labute approximate surface area is 167 Å². The van der Waals surface area contributed by atoms with Gasteiger partial charge >= 0.3 is 0 Å². The Kier molecular flexibility index (Phi) is 5.80. The summed E-state index contributed by atoms with van der Waals surface area (Å²) in [4.78, 5) is 12.4. The fraction of sp³-hybridized carbons (Fsp3) is 0.222. The molecule has 0 saturated heterocycles. The molecule has 2 aromatic carbocycles. The normalized spacial score (nSPS) is 11.4. The van der Waals surface area contributed by atoms with E-state index < -0.39 is 9.84 Å². The van der Waals surface area contributed by atoms with Gasteiger partial charge in [-0.15, -0.1) is 5.10 Å². The van der Waals surface area contributed by atoms with E-state index in [0.717, 1.165) is 23.1 Å². The van der Waals surface area contributed by atoms with E-state index in [1.165, 1.54) is 17.8 Å². The van der Waals surface area contributed by atoms with Gasteiger partial charge in [0, 0.05) is 6.26 Å². The largest absolute Gasteiger partial charge is 0.324 e. The van der Waals surface area contributed by atoms with Crippen LogP contribution < -0.4 is 5.32 Å². The molecule has 28 heavy (non-hydrogen) atoms. The molecule has 0 aliphatic carbocycles. The van der Waals surface area contributed by atoms with Gasteiger partial charge in [-0.3, -0.25) is 4.79 Å². The van der Waals surface area contributed by atoms with Gasteiger partial charge in [0.15, 0.2) is 9.84 Å². The van der Waals surface area contributed by atoms with Gasteiger partial charge in [-0.2, -0.15) is 4.68 Å². The molecule has 0 unspecified atom stereocenters. The highest BCUT2D eigenvalue weighted by Gasteiger charge is 2.17. The van der Waals surface area contributed by atoms with Gasteiger partial charge in [-0.05, 0) is 47.5 Å². The van der Waals surface area contributed by atoms with E-state index in [-0.39, 0.29) is 22.2 Å². The molecular weight excluding hydrogens is 398 g/mol. The maximum atomic E-state index is 12.4. The Bertz CT molecular complexity index is 1110. The second-order valence-electron chi connectivity index (χ2n) is 6.22. The molecule has 0 aliphatic heterocycles. The number of hydrogen-bond donors (Lipinski definition) is 1. The summed E-state index contributed by atoms with van der Waals surface area (Å²) in [5.41, 5.74) is 3.16. The molecule has 3 rings (SSSR count). The van der Waals surface area contributed by atoms with Crippen molar-refractivity contribution < 1.29 is 13.2 Å². The fourth-order valence-corrected chi connectivity index (χ4v) is 4.28. The average molecular weight is 418 g/mol. The lowest BCUT2D eigenvalue weighted by Crippen LogP contribution is -2.17. The third-order valence-corrected chi connectivity index (χ3v) is 6.06. The predicted octanol–water partition coefficient (Wildman–Crippen LogP) is 2.41. The number of carbonyl (C=O) groups is 1. The van der Waals surface area contributed by atoms with Crippen molar-refractivity contribution in [3.63, 3.8) is 0 Å². The van der Waals surface area contributed by atoms with Crippen LogP contribution in [0, 0.1) is 13.8 Å². The molecule has 0 spiro atoms. The highest BCUT2D eigenvalue weighted by atomic mass is 32.2. The van der Waals surface area contributed by atoms with E-state index in [9.17, 15) is 13.2 Å². The van der Waals surface area contributed by atoms with E-state index >= 15 is 0 Å². The van der Waals surface area contributed by atoms with Gasteiger partial charge in [0.25, 0.3) is 0 Å². The standard InChI is InChI=1S/C18H19N5O3S2/c1-12-7-6-8-13(2)17(12)23-18(20-21-22-23)27-11-16(24)19-14-9-4-5-10-15(14)28(3,25)26/h4-10H,11H2,1-3H3,(H,19,24). The van der Waals surface area contributed by atoms with E-state index in [0.29, 0.717) is 5.16 Å². The number of nitrogens with one attached hydrogen (secondary N) is 1. The Hall–Kier alpha value is -2.72. The minimum absolute atomic E-state index is 0.0311. The van der Waals surface area contributed by atoms with Crippen LogP contribution in [0.2, 0.25) is 0 Å². The molecule has 0 fully saturated rings. The number of thioether (sulfide) groups is 1. The minimum atomic E-state index is -3.45. The molecule has 1 amide bonds. The highest BCUT2D eigenvalue weighted by Crippen LogP contribution is 2.24. The monoisotopic (exact) mass is 417 g/mol. The molecule has 0 aliphatic rings. The van der Waals surface area contributed by atoms with Crippen LogP contribution in [-0.4, -0.2) is 46.5 Å². The van der Waals surface area contributed by atoms with E-state index in [1.54, 1.807) is 22.9 Å². The highest BCUT2D eigenvalue weighted by molar-refractivity contribution is 7.99. The van der Waals surface area contributed by atoms with Crippen molar-refractivity contribution in [1.29, 1.82) is 0 Å². The summed E-state index contributed by atoms with van der Waals surface area (Å²) in [7, 11) is -3.45. The van der Waals surface area contributed by atoms with Crippen LogP contribution in [0.15, 0.2) is 52.5 Å². The zero-order chi connectivity index (χ0) is 20.3. The Balaban J connectivity index is 1.75. The first-order valence-electron chi connectivity index (χ1n) is 8.34. The smallest absolute Gasteiger partial charge is 0.234 e. The summed E-state index contributed by atoms with van der Waals surface area (Å²) in [6, 6.07) is 12.2. The lowest BCUT2D eigenvalue weighted by molar-refractivity contribution is -0.113. The van der Waals surface area contributed by atoms with Crippen LogP contribution in [0.1, 0.15) is 11.1 Å². The third-order valence-electron chi connectivity index (χ3n) is 3.99. The van der Waals surface area contributed by atoms with Crippen LogP contribution in [0.3, 0.4) is 0 Å². The number of sulfone groups is 1. The SMILES string of the molecule is Cc1cccc(C)c1-n1nnnc1SCC(=O)Nc1ccccc1S(C)(=O)=O. The maximum Gasteiger partial charge on any atom is 0.234 e. The number of anilines is 1. The van der Waals surface area contributed by atoms with Crippen LogP contribution in [-0.2, 0) is 14.6 Å². The summed E-state index contributed by atoms with van der Waals surface area (Å²) >= 11 is 1.17. The van der Waals surface area contributed by atoms with Crippen molar-refractivity contribution in [3.05, 3.63) is 53.6 Å². The first kappa shape index (κ1) is 20.0. The first-order chi connectivity index (χ1) is 13.3. The average Bonchev–Trinajstić information content (AvgIpc) is 3.07. The van der Waals surface area contributed by atoms with Crippen molar-refractivity contribution in [2.45, 2.75) is 23.9 Å². The molecule has 3 aromatic rings. The molecule has 1 heterocycles. The van der Waals surface area contributed by atoms with Crippen molar-refractivity contribution in [2.24, 2.45) is 0 Å². The molecule has 146 valence electrons. The summed E-state index contributed by atoms with van der Waals surface area (Å²) in [5, 5.41) is 14.9. The Morgan fingerprint density at radius 1 is 1.11 bits per heavy atom. The Morgan fingerprint density at radius 2 is 1.79 bits per heavy atom. The molecule has 8 nitrogen and oxygen atoms in total. The number of nitrogens with zero attached hydrogens (tertiary/aromatic N) is 4. The van der Waals surface area contributed by atoms with Gasteiger partial charge < -0.3 is 5.32 Å². The number of hydrogen-bond acceptors (Lipinski definition) is 7. The number of tetrazole rings is 1. The molecule has 1 N–H and O–H groups in total. The van der Waals surface area contributed by atoms with Gasteiger partial charge in [0.2, 0.25) is 11.1 Å². The summed E-state index contributed by atoms with van der Waals surface area (Å²) < 4.78 is 25.3. The van der Waals surface area contributed by atoms with Crippen molar-refractivity contribution >= 4 is 33.2 Å². The number of para-hydroxylation sites is 2. The van der Waals surface area contributed by atoms with Crippen LogP contribution in [0.5, 0.6) is 0 Å². The minimum Gasteiger partial charge on any atom is -0.324 e. The first-order valence-corrected chi connectivity index (χ1v) is 11.2. The quantitative estimate of drug-likeness (QED) is 0.614. The molecule has 1 aromatic heterocycles. The molecule has 0 atom stereocenters. The molecular formula is C18H19N5O3S2. The number of rotatable bonds is 6. The number of benzene rings is 2. The van der Waals surface area contributed by atoms with Crippen LogP contribution in [0.4, 0.5) is 5.69 Å². The number of amides is 1. The Morgan fingerprint density at radius 3 is 2.46 bits per heavy atom. The van der Waals surface area contributed by atoms with Crippen LogP contribution in [0.25, 0.3) is 5.69 Å².